The summed E-state index contributed by atoms with van der Waals surface area (Å²) in [7, 11) is 0. The van der Waals surface area contributed by atoms with E-state index in [2.05, 4.69) is 0 Å². The monoisotopic (exact) mass is 184 g/mol. The average molecular weight is 184 g/mol. The fourth-order valence-corrected chi connectivity index (χ4v) is 1.42. The molecule has 0 saturated carbocycles. The molecule has 1 aliphatic rings. The molecular weight excluding hydrogens is 168 g/mol. The van der Waals surface area contributed by atoms with Gasteiger partial charge >= 0.3 is 5.97 Å². The quantitative estimate of drug-likeness (QED) is 0.539. The van der Waals surface area contributed by atoms with E-state index in [1.54, 1.807) is 0 Å². The van der Waals surface area contributed by atoms with E-state index in [4.69, 9.17) is 4.74 Å². The van der Waals surface area contributed by atoms with Crippen LogP contribution in [0.15, 0.2) is 0 Å². The topological polar surface area (TPSA) is 43.4 Å². The van der Waals surface area contributed by atoms with Gasteiger partial charge in [-0.3, -0.25) is 9.59 Å². The third kappa shape index (κ3) is 4.65. The Morgan fingerprint density at radius 2 is 1.54 bits per heavy atom. The average Bonchev–Trinajstić information content (AvgIpc) is 2.14. The highest BCUT2D eigenvalue weighted by Crippen LogP contribution is 2.08. The van der Waals surface area contributed by atoms with Gasteiger partial charge in [0.1, 0.15) is 5.78 Å². The lowest BCUT2D eigenvalue weighted by Gasteiger charge is -2.01. The van der Waals surface area contributed by atoms with Gasteiger partial charge in [0.15, 0.2) is 0 Å². The molecular formula is C10H16O3. The van der Waals surface area contributed by atoms with E-state index >= 15 is 0 Å². The molecule has 0 radical (unpaired) electrons. The lowest BCUT2D eigenvalue weighted by atomic mass is 10.1. The minimum absolute atomic E-state index is 0.116. The maximum atomic E-state index is 11.2. The Labute approximate surface area is 78.5 Å². The number of hydrogen-bond acceptors (Lipinski definition) is 3. The summed E-state index contributed by atoms with van der Waals surface area (Å²) in [6.45, 7) is 0.407. The zero-order valence-electron chi connectivity index (χ0n) is 7.88. The van der Waals surface area contributed by atoms with Crippen molar-refractivity contribution in [2.75, 3.05) is 6.61 Å². The van der Waals surface area contributed by atoms with Gasteiger partial charge in [0.05, 0.1) is 6.61 Å². The molecule has 1 aliphatic heterocycles. The molecule has 0 aromatic carbocycles. The standard InChI is InChI=1S/C10H16O3/c11-9-5-2-1-3-7-10(12)13-8-4-6-9/h1-8H2. The van der Waals surface area contributed by atoms with E-state index in [0.717, 1.165) is 19.3 Å². The Morgan fingerprint density at radius 3 is 2.38 bits per heavy atom. The molecule has 0 unspecified atom stereocenters. The van der Waals surface area contributed by atoms with Gasteiger partial charge < -0.3 is 4.74 Å². The molecule has 0 spiro atoms. The Balaban J connectivity index is 2.30. The van der Waals surface area contributed by atoms with Gasteiger partial charge in [-0.2, -0.15) is 0 Å². The molecule has 0 atom stereocenters. The maximum absolute atomic E-state index is 11.2. The second kappa shape index (κ2) is 5.73. The molecule has 13 heavy (non-hydrogen) atoms. The summed E-state index contributed by atoms with van der Waals surface area (Å²) in [6, 6.07) is 0. The zero-order chi connectivity index (χ0) is 9.52. The molecule has 3 nitrogen and oxygen atoms in total. The van der Waals surface area contributed by atoms with Crippen LogP contribution in [0.25, 0.3) is 0 Å². The largest absolute Gasteiger partial charge is 0.466 e. The fraction of sp³-hybridized carbons (Fsp3) is 0.800. The Morgan fingerprint density at radius 1 is 0.846 bits per heavy atom. The van der Waals surface area contributed by atoms with Crippen LogP contribution in [0.3, 0.4) is 0 Å². The number of esters is 1. The minimum atomic E-state index is -0.116. The van der Waals surface area contributed by atoms with Crippen LogP contribution in [-0.2, 0) is 14.3 Å². The molecule has 1 saturated heterocycles. The molecule has 0 aliphatic carbocycles. The van der Waals surface area contributed by atoms with Crippen molar-refractivity contribution >= 4 is 11.8 Å². The molecule has 0 N–H and O–H groups in total. The maximum Gasteiger partial charge on any atom is 0.305 e. The number of carbonyl (C=O) groups excluding carboxylic acids is 2. The van der Waals surface area contributed by atoms with Crippen LogP contribution < -0.4 is 0 Å². The van der Waals surface area contributed by atoms with Crippen LogP contribution >= 0.6 is 0 Å². The van der Waals surface area contributed by atoms with Crippen molar-refractivity contribution in [3.8, 4) is 0 Å². The van der Waals surface area contributed by atoms with Crippen LogP contribution in [-0.4, -0.2) is 18.4 Å². The summed E-state index contributed by atoms with van der Waals surface area (Å²) in [6.07, 6.45) is 5.17. The van der Waals surface area contributed by atoms with Crippen molar-refractivity contribution in [1.82, 2.24) is 0 Å². The summed E-state index contributed by atoms with van der Waals surface area (Å²) in [4.78, 5) is 22.1. The van der Waals surface area contributed by atoms with Gasteiger partial charge in [0.2, 0.25) is 0 Å². The van der Waals surface area contributed by atoms with Crippen molar-refractivity contribution in [1.29, 1.82) is 0 Å². The number of Topliss-reactive ketones (excluding diaryl/α,β-unsaturated/α-hetero) is 1. The molecule has 0 bridgehead atoms. The number of rotatable bonds is 0. The Bertz CT molecular complexity index is 167. The van der Waals surface area contributed by atoms with Crippen LogP contribution in [0.1, 0.15) is 44.9 Å². The fourth-order valence-electron chi connectivity index (χ4n) is 1.42. The van der Waals surface area contributed by atoms with Crippen molar-refractivity contribution < 1.29 is 14.3 Å². The second-order valence-electron chi connectivity index (χ2n) is 3.42. The van der Waals surface area contributed by atoms with Gasteiger partial charge in [0.25, 0.3) is 0 Å². The van der Waals surface area contributed by atoms with Gasteiger partial charge in [-0.1, -0.05) is 6.42 Å². The Kier molecular flexibility index (Phi) is 4.50. The predicted octanol–water partition coefficient (Wildman–Crippen LogP) is 1.84. The number of hydrogen-bond donors (Lipinski definition) is 0. The normalized spacial score (nSPS) is 21.8. The highest BCUT2D eigenvalue weighted by molar-refractivity contribution is 5.78. The molecule has 1 heterocycles. The SMILES string of the molecule is O=C1CCCCCC(=O)OCCC1. The van der Waals surface area contributed by atoms with Gasteiger partial charge in [-0.15, -0.1) is 0 Å². The number of ketones is 1. The third-order valence-corrected chi connectivity index (χ3v) is 2.20. The summed E-state index contributed by atoms with van der Waals surface area (Å²) in [5, 5.41) is 0. The second-order valence-corrected chi connectivity index (χ2v) is 3.42. The molecule has 1 fully saturated rings. The van der Waals surface area contributed by atoms with Crippen molar-refractivity contribution in [3.05, 3.63) is 0 Å². The van der Waals surface area contributed by atoms with Gasteiger partial charge in [-0.25, -0.2) is 0 Å². The molecule has 1 rings (SSSR count). The summed E-state index contributed by atoms with van der Waals surface area (Å²) in [5.74, 6) is 0.187. The van der Waals surface area contributed by atoms with Crippen LogP contribution in [0.5, 0.6) is 0 Å². The van der Waals surface area contributed by atoms with Gasteiger partial charge in [-0.05, 0) is 19.3 Å². The number of cyclic esters (lactones) is 1. The lowest BCUT2D eigenvalue weighted by molar-refractivity contribution is -0.144. The molecule has 3 heteroatoms. The zero-order valence-corrected chi connectivity index (χ0v) is 7.88. The molecule has 74 valence electrons. The van der Waals surface area contributed by atoms with Crippen LogP contribution in [0.2, 0.25) is 0 Å². The summed E-state index contributed by atoms with van der Waals surface area (Å²) < 4.78 is 4.93. The van der Waals surface area contributed by atoms with E-state index < -0.39 is 0 Å². The first kappa shape index (κ1) is 10.2. The first-order valence-corrected chi connectivity index (χ1v) is 4.96. The first-order chi connectivity index (χ1) is 6.29. The minimum Gasteiger partial charge on any atom is -0.466 e. The van der Waals surface area contributed by atoms with Crippen LogP contribution in [0.4, 0.5) is 0 Å². The number of ether oxygens (including phenoxy) is 1. The molecule has 0 amide bonds. The van der Waals surface area contributed by atoms with Crippen molar-refractivity contribution in [2.45, 2.75) is 44.9 Å². The highest BCUT2D eigenvalue weighted by atomic mass is 16.5. The van der Waals surface area contributed by atoms with E-state index in [-0.39, 0.29) is 5.97 Å². The third-order valence-electron chi connectivity index (χ3n) is 2.20. The van der Waals surface area contributed by atoms with E-state index in [0.29, 0.717) is 38.1 Å². The van der Waals surface area contributed by atoms with Crippen LogP contribution in [0, 0.1) is 0 Å². The predicted molar refractivity (Wildman–Crippen MR) is 48.3 cm³/mol. The van der Waals surface area contributed by atoms with Crippen molar-refractivity contribution in [3.63, 3.8) is 0 Å². The smallest absolute Gasteiger partial charge is 0.305 e. The molecule has 0 aromatic rings. The molecule has 0 aromatic heterocycles. The summed E-state index contributed by atoms with van der Waals surface area (Å²) >= 11 is 0. The highest BCUT2D eigenvalue weighted by Gasteiger charge is 2.07. The van der Waals surface area contributed by atoms with Gasteiger partial charge in [0, 0.05) is 19.3 Å². The lowest BCUT2D eigenvalue weighted by Crippen LogP contribution is -2.06. The van der Waals surface area contributed by atoms with E-state index in [1.807, 2.05) is 0 Å². The number of carbonyl (C=O) groups is 2. The van der Waals surface area contributed by atoms with E-state index in [1.165, 1.54) is 0 Å². The first-order valence-electron chi connectivity index (χ1n) is 4.96. The summed E-state index contributed by atoms with van der Waals surface area (Å²) in [5.41, 5.74) is 0. The Hall–Kier alpha value is -0.860. The van der Waals surface area contributed by atoms with E-state index in [9.17, 15) is 9.59 Å². The van der Waals surface area contributed by atoms with Crippen molar-refractivity contribution in [2.24, 2.45) is 0 Å².